The second-order valence-corrected chi connectivity index (χ2v) is 8.78. The van der Waals surface area contributed by atoms with Crippen molar-refractivity contribution in [3.63, 3.8) is 0 Å². The van der Waals surface area contributed by atoms with Crippen molar-refractivity contribution in [2.24, 2.45) is 7.05 Å². The van der Waals surface area contributed by atoms with Crippen molar-refractivity contribution in [1.82, 2.24) is 9.55 Å². The Morgan fingerprint density at radius 1 is 0.900 bits per heavy atom. The molecule has 2 N–H and O–H groups in total. The molecule has 8 heteroatoms. The van der Waals surface area contributed by atoms with Crippen LogP contribution in [-0.4, -0.2) is 22.5 Å². The molecule has 0 radical (unpaired) electrons. The van der Waals surface area contributed by atoms with Gasteiger partial charge in [-0.05, 0) is 48.9 Å². The van der Waals surface area contributed by atoms with Crippen LogP contribution in [0.4, 0.5) is 0 Å². The smallest absolute Gasteiger partial charge is 0.294 e. The van der Waals surface area contributed by atoms with E-state index in [2.05, 4.69) is 4.98 Å². The quantitative estimate of drug-likeness (QED) is 0.320. The summed E-state index contributed by atoms with van der Waals surface area (Å²) in [4.78, 5) is 29.2. The van der Waals surface area contributed by atoms with E-state index in [4.69, 9.17) is 0 Å². The van der Waals surface area contributed by atoms with E-state index in [1.165, 1.54) is 18.2 Å². The minimum atomic E-state index is -4.42. The summed E-state index contributed by atoms with van der Waals surface area (Å²) in [7, 11) is -2.57. The number of benzene rings is 3. The molecule has 30 heavy (non-hydrogen) atoms. The van der Waals surface area contributed by atoms with Gasteiger partial charge in [0.2, 0.25) is 0 Å². The van der Waals surface area contributed by atoms with E-state index in [9.17, 15) is 22.6 Å². The molecule has 7 nitrogen and oxygen atoms in total. The molecule has 0 bridgehead atoms. The van der Waals surface area contributed by atoms with Crippen LogP contribution in [0.25, 0.3) is 43.6 Å². The number of hydrogen-bond acceptors (Lipinski definition) is 4. The fourth-order valence-corrected chi connectivity index (χ4v) is 4.69. The second kappa shape index (κ2) is 6.01. The van der Waals surface area contributed by atoms with Gasteiger partial charge in [0, 0.05) is 23.2 Å². The van der Waals surface area contributed by atoms with Crippen LogP contribution < -0.4 is 10.9 Å². The summed E-state index contributed by atoms with van der Waals surface area (Å²) in [5.74, 6) is 0. The molecule has 0 aliphatic rings. The van der Waals surface area contributed by atoms with E-state index in [0.29, 0.717) is 38.1 Å². The zero-order valence-corrected chi connectivity index (χ0v) is 16.9. The lowest BCUT2D eigenvalue weighted by Crippen LogP contribution is -2.13. The number of para-hydroxylation sites is 1. The van der Waals surface area contributed by atoms with E-state index in [-0.39, 0.29) is 21.3 Å². The number of fused-ring (bicyclic) bond motifs is 4. The summed E-state index contributed by atoms with van der Waals surface area (Å²) < 4.78 is 34.2. The molecule has 0 unspecified atom stereocenters. The molecule has 0 amide bonds. The molecule has 5 aromatic rings. The zero-order chi connectivity index (χ0) is 21.4. The van der Waals surface area contributed by atoms with Crippen LogP contribution in [0.5, 0.6) is 0 Å². The Morgan fingerprint density at radius 3 is 2.37 bits per heavy atom. The molecule has 2 aromatic heterocycles. The average Bonchev–Trinajstić information content (AvgIpc) is 2.72. The molecule has 0 saturated heterocycles. The zero-order valence-electron chi connectivity index (χ0n) is 16.1. The van der Waals surface area contributed by atoms with Crippen LogP contribution >= 0.6 is 0 Å². The third-order valence-electron chi connectivity index (χ3n) is 5.69. The van der Waals surface area contributed by atoms with Gasteiger partial charge in [-0.2, -0.15) is 8.42 Å². The number of aromatic amines is 1. The topological polar surface area (TPSA) is 109 Å². The van der Waals surface area contributed by atoms with E-state index < -0.39 is 10.1 Å². The van der Waals surface area contributed by atoms with Crippen LogP contribution in [0, 0.1) is 6.92 Å². The summed E-state index contributed by atoms with van der Waals surface area (Å²) in [6.45, 7) is 1.76. The maximum atomic E-state index is 13.2. The van der Waals surface area contributed by atoms with Crippen molar-refractivity contribution in [1.29, 1.82) is 0 Å². The first kappa shape index (κ1) is 18.5. The van der Waals surface area contributed by atoms with Gasteiger partial charge in [-0.1, -0.05) is 12.1 Å². The first-order valence-electron chi connectivity index (χ1n) is 9.17. The number of H-pyrrole nitrogens is 1. The molecule has 3 aromatic carbocycles. The Hall–Kier alpha value is -3.49. The summed E-state index contributed by atoms with van der Waals surface area (Å²) >= 11 is 0. The van der Waals surface area contributed by atoms with Crippen molar-refractivity contribution in [3.8, 4) is 0 Å². The standard InChI is InChI=1S/C22H16N2O5S/c1-11-19-18(24(2)17-6-4-3-5-14(17)22(19)26)10-15-20(11)23-16-9-12(30(27,28)29)7-8-13(16)21(15)25/h3-10H,1-2H3,(H,23,25)(H,27,28,29). The van der Waals surface area contributed by atoms with Gasteiger partial charge in [0.25, 0.3) is 10.1 Å². The number of aryl methyl sites for hydroxylation is 2. The highest BCUT2D eigenvalue weighted by Gasteiger charge is 2.17. The van der Waals surface area contributed by atoms with Crippen LogP contribution in [0.1, 0.15) is 5.56 Å². The Kier molecular flexibility index (Phi) is 3.71. The molecular formula is C22H16N2O5S. The molecule has 0 saturated carbocycles. The highest BCUT2D eigenvalue weighted by atomic mass is 32.2. The molecule has 0 fully saturated rings. The van der Waals surface area contributed by atoms with Gasteiger partial charge in [-0.25, -0.2) is 0 Å². The molecule has 0 atom stereocenters. The van der Waals surface area contributed by atoms with Gasteiger partial charge in [-0.3, -0.25) is 14.1 Å². The first-order chi connectivity index (χ1) is 14.2. The molecule has 2 heterocycles. The maximum Gasteiger partial charge on any atom is 0.294 e. The maximum absolute atomic E-state index is 13.2. The summed E-state index contributed by atoms with van der Waals surface area (Å²) in [6, 6.07) is 12.8. The van der Waals surface area contributed by atoms with Crippen LogP contribution in [0.2, 0.25) is 0 Å². The Bertz CT molecular complexity index is 1780. The highest BCUT2D eigenvalue weighted by molar-refractivity contribution is 7.85. The van der Waals surface area contributed by atoms with E-state index >= 15 is 0 Å². The fraction of sp³-hybridized carbons (Fsp3) is 0.0909. The van der Waals surface area contributed by atoms with Crippen molar-refractivity contribution < 1.29 is 13.0 Å². The Balaban J connectivity index is 2.04. The minimum Gasteiger partial charge on any atom is -0.354 e. The molecule has 0 aliphatic carbocycles. The van der Waals surface area contributed by atoms with Crippen molar-refractivity contribution in [3.05, 3.63) is 74.5 Å². The molecule has 5 rings (SSSR count). The van der Waals surface area contributed by atoms with E-state index in [1.54, 1.807) is 25.1 Å². The summed E-state index contributed by atoms with van der Waals surface area (Å²) in [6.07, 6.45) is 0. The van der Waals surface area contributed by atoms with Gasteiger partial charge in [0.1, 0.15) is 0 Å². The van der Waals surface area contributed by atoms with Crippen molar-refractivity contribution in [2.75, 3.05) is 0 Å². The molecule has 150 valence electrons. The Labute approximate surface area is 169 Å². The predicted molar refractivity (Wildman–Crippen MR) is 117 cm³/mol. The van der Waals surface area contributed by atoms with Crippen molar-refractivity contribution >= 4 is 53.7 Å². The molecular weight excluding hydrogens is 404 g/mol. The van der Waals surface area contributed by atoms with Crippen molar-refractivity contribution in [2.45, 2.75) is 11.8 Å². The third-order valence-corrected chi connectivity index (χ3v) is 6.54. The van der Waals surface area contributed by atoms with Gasteiger partial charge >= 0.3 is 0 Å². The SMILES string of the molecule is Cc1c2[nH]c3cc(S(=O)(=O)O)ccc3c(=O)c2cc2c1c(=O)c1ccccc1n2C. The number of pyridine rings is 2. The number of rotatable bonds is 1. The lowest BCUT2D eigenvalue weighted by Gasteiger charge is -2.14. The van der Waals surface area contributed by atoms with Crippen LogP contribution in [0.3, 0.4) is 0 Å². The minimum absolute atomic E-state index is 0.134. The lowest BCUT2D eigenvalue weighted by atomic mass is 10.00. The third kappa shape index (κ3) is 2.44. The normalized spacial score (nSPS) is 12.4. The number of nitrogens with one attached hydrogen (secondary N) is 1. The fourth-order valence-electron chi connectivity index (χ4n) is 4.18. The molecule has 0 spiro atoms. The number of nitrogens with zero attached hydrogens (tertiary/aromatic N) is 1. The summed E-state index contributed by atoms with van der Waals surface area (Å²) in [5, 5.41) is 1.76. The second-order valence-electron chi connectivity index (χ2n) is 7.36. The van der Waals surface area contributed by atoms with Crippen LogP contribution in [-0.2, 0) is 17.2 Å². The summed E-state index contributed by atoms with van der Waals surface area (Å²) in [5.41, 5.74) is 2.32. The molecule has 0 aliphatic heterocycles. The number of aromatic nitrogens is 2. The largest absolute Gasteiger partial charge is 0.354 e. The van der Waals surface area contributed by atoms with Gasteiger partial charge in [-0.15, -0.1) is 0 Å². The average molecular weight is 420 g/mol. The van der Waals surface area contributed by atoms with Gasteiger partial charge in [0.05, 0.1) is 32.3 Å². The first-order valence-corrected chi connectivity index (χ1v) is 10.6. The number of hydrogen-bond donors (Lipinski definition) is 2. The van der Waals surface area contributed by atoms with Gasteiger partial charge in [0.15, 0.2) is 10.9 Å². The van der Waals surface area contributed by atoms with E-state index in [0.717, 1.165) is 5.52 Å². The van der Waals surface area contributed by atoms with E-state index in [1.807, 2.05) is 23.7 Å². The van der Waals surface area contributed by atoms with Gasteiger partial charge < -0.3 is 9.55 Å². The highest BCUT2D eigenvalue weighted by Crippen LogP contribution is 2.27. The monoisotopic (exact) mass is 420 g/mol. The predicted octanol–water partition coefficient (Wildman–Crippen LogP) is 3.24. The Morgan fingerprint density at radius 2 is 1.63 bits per heavy atom. The van der Waals surface area contributed by atoms with Crippen LogP contribution in [0.15, 0.2) is 63.0 Å². The lowest BCUT2D eigenvalue weighted by molar-refractivity contribution is 0.483.